The lowest BCUT2D eigenvalue weighted by atomic mass is 10.3. The Balaban J connectivity index is 2.33. The number of hydrogen-bond donors (Lipinski definition) is 0. The fraction of sp³-hybridized carbons (Fsp3) is 0. The first-order valence-electron chi connectivity index (χ1n) is 4.93. The lowest BCUT2D eigenvalue weighted by Gasteiger charge is -2.08. The number of benzene rings is 2. The third kappa shape index (κ3) is 2.88. The van der Waals surface area contributed by atoms with Crippen LogP contribution in [0.5, 0.6) is 5.75 Å². The van der Waals surface area contributed by atoms with Crippen LogP contribution < -0.4 is 4.18 Å². The van der Waals surface area contributed by atoms with Gasteiger partial charge in [-0.1, -0.05) is 12.1 Å². The molecule has 0 aromatic heterocycles. The minimum Gasteiger partial charge on any atom is -0.379 e. The predicted octanol–water partition coefficient (Wildman–Crippen LogP) is 3.36. The molecule has 0 saturated carbocycles. The Morgan fingerprint density at radius 3 is 2.22 bits per heavy atom. The molecule has 0 aliphatic carbocycles. The molecule has 94 valence electrons. The van der Waals surface area contributed by atoms with Gasteiger partial charge in [0.05, 0.1) is 0 Å². The Labute approximate surface area is 112 Å². The summed E-state index contributed by atoms with van der Waals surface area (Å²) in [5, 5.41) is 0. The van der Waals surface area contributed by atoms with E-state index in [1.54, 1.807) is 18.2 Å². The molecule has 0 N–H and O–H groups in total. The minimum atomic E-state index is -3.93. The molecule has 0 heterocycles. The molecule has 0 radical (unpaired) electrons. The van der Waals surface area contributed by atoms with Crippen LogP contribution >= 0.6 is 15.9 Å². The maximum Gasteiger partial charge on any atom is 0.340 e. The molecule has 0 bridgehead atoms. The van der Waals surface area contributed by atoms with E-state index in [1.165, 1.54) is 18.2 Å². The zero-order valence-corrected chi connectivity index (χ0v) is 11.4. The van der Waals surface area contributed by atoms with E-state index < -0.39 is 15.9 Å². The number of halogens is 2. The zero-order chi connectivity index (χ0) is 13.2. The molecule has 2 rings (SSSR count). The van der Waals surface area contributed by atoms with Gasteiger partial charge in [0.1, 0.15) is 16.5 Å². The molecule has 0 unspecified atom stereocenters. The van der Waals surface area contributed by atoms with Gasteiger partial charge in [-0.3, -0.25) is 0 Å². The summed E-state index contributed by atoms with van der Waals surface area (Å²) in [6.45, 7) is 0. The van der Waals surface area contributed by atoms with Gasteiger partial charge in [-0.25, -0.2) is 4.39 Å². The third-order valence-electron chi connectivity index (χ3n) is 2.13. The topological polar surface area (TPSA) is 43.4 Å². The highest BCUT2D eigenvalue weighted by atomic mass is 79.9. The average Bonchev–Trinajstić information content (AvgIpc) is 2.32. The van der Waals surface area contributed by atoms with Gasteiger partial charge in [0.15, 0.2) is 0 Å². The second-order valence-electron chi connectivity index (χ2n) is 3.42. The SMILES string of the molecule is O=S(=O)(Oc1ccc(F)cc1)c1ccccc1Br. The molecule has 2 aromatic carbocycles. The standard InChI is InChI=1S/C12H8BrFO3S/c13-11-3-1-2-4-12(11)18(15,16)17-10-7-5-9(14)6-8-10/h1-8H. The molecule has 3 nitrogen and oxygen atoms in total. The van der Waals surface area contributed by atoms with Crippen molar-refractivity contribution in [2.75, 3.05) is 0 Å². The van der Waals surface area contributed by atoms with Crippen molar-refractivity contribution >= 4 is 26.0 Å². The normalized spacial score (nSPS) is 11.2. The van der Waals surface area contributed by atoms with Gasteiger partial charge in [0, 0.05) is 4.47 Å². The highest BCUT2D eigenvalue weighted by Crippen LogP contribution is 2.25. The fourth-order valence-corrected chi connectivity index (χ4v) is 3.20. The van der Waals surface area contributed by atoms with Crippen molar-refractivity contribution in [1.82, 2.24) is 0 Å². The Kier molecular flexibility index (Phi) is 3.68. The summed E-state index contributed by atoms with van der Waals surface area (Å²) in [5.41, 5.74) is 0. The molecule has 0 fully saturated rings. The quantitative estimate of drug-likeness (QED) is 0.810. The van der Waals surface area contributed by atoms with E-state index in [2.05, 4.69) is 15.9 Å². The second-order valence-corrected chi connectivity index (χ2v) is 5.79. The summed E-state index contributed by atoms with van der Waals surface area (Å²) in [6.07, 6.45) is 0. The van der Waals surface area contributed by atoms with Gasteiger partial charge < -0.3 is 4.18 Å². The van der Waals surface area contributed by atoms with Gasteiger partial charge in [0.2, 0.25) is 0 Å². The molecule has 2 aromatic rings. The Bertz CT molecular complexity index is 653. The summed E-state index contributed by atoms with van der Waals surface area (Å²) in [5.74, 6) is -0.396. The zero-order valence-electron chi connectivity index (χ0n) is 9.01. The van der Waals surface area contributed by atoms with Crippen molar-refractivity contribution in [1.29, 1.82) is 0 Å². The molecular weight excluding hydrogens is 323 g/mol. The van der Waals surface area contributed by atoms with Crippen molar-refractivity contribution in [2.24, 2.45) is 0 Å². The summed E-state index contributed by atoms with van der Waals surface area (Å²) >= 11 is 3.14. The van der Waals surface area contributed by atoms with Crippen LogP contribution in [-0.2, 0) is 10.1 Å². The van der Waals surface area contributed by atoms with Crippen LogP contribution in [0.15, 0.2) is 57.9 Å². The summed E-state index contributed by atoms with van der Waals surface area (Å²) in [7, 11) is -3.93. The van der Waals surface area contributed by atoms with Crippen molar-refractivity contribution in [3.63, 3.8) is 0 Å². The van der Waals surface area contributed by atoms with Crippen molar-refractivity contribution in [3.8, 4) is 5.75 Å². The van der Waals surface area contributed by atoms with E-state index in [1.807, 2.05) is 0 Å². The van der Waals surface area contributed by atoms with Gasteiger partial charge in [-0.15, -0.1) is 0 Å². The molecule has 0 spiro atoms. The van der Waals surface area contributed by atoms with Gasteiger partial charge >= 0.3 is 10.1 Å². The van der Waals surface area contributed by atoms with Gasteiger partial charge in [-0.05, 0) is 52.3 Å². The van der Waals surface area contributed by atoms with E-state index in [4.69, 9.17) is 4.18 Å². The molecular formula is C12H8BrFO3S. The van der Waals surface area contributed by atoms with Crippen LogP contribution in [0.4, 0.5) is 4.39 Å². The minimum absolute atomic E-state index is 0.0225. The van der Waals surface area contributed by atoms with Crippen LogP contribution in [0.3, 0.4) is 0 Å². The van der Waals surface area contributed by atoms with Crippen LogP contribution in [0.25, 0.3) is 0 Å². The first kappa shape index (κ1) is 13.0. The summed E-state index contributed by atoms with van der Waals surface area (Å²) in [4.78, 5) is 0.0225. The van der Waals surface area contributed by atoms with E-state index in [0.29, 0.717) is 4.47 Å². The molecule has 0 saturated heterocycles. The Morgan fingerprint density at radius 1 is 1.00 bits per heavy atom. The van der Waals surface area contributed by atoms with Crippen LogP contribution in [0, 0.1) is 5.82 Å². The molecule has 0 aliphatic heterocycles. The lowest BCUT2D eigenvalue weighted by molar-refractivity contribution is 0.484. The molecule has 6 heteroatoms. The largest absolute Gasteiger partial charge is 0.379 e. The smallest absolute Gasteiger partial charge is 0.340 e. The lowest BCUT2D eigenvalue weighted by Crippen LogP contribution is -2.10. The fourth-order valence-electron chi connectivity index (χ4n) is 1.31. The number of hydrogen-bond acceptors (Lipinski definition) is 3. The van der Waals surface area contributed by atoms with E-state index >= 15 is 0 Å². The monoisotopic (exact) mass is 330 g/mol. The molecule has 0 aliphatic rings. The van der Waals surface area contributed by atoms with Crippen molar-refractivity contribution in [2.45, 2.75) is 4.90 Å². The van der Waals surface area contributed by atoms with Crippen LogP contribution in [0.2, 0.25) is 0 Å². The second kappa shape index (κ2) is 5.07. The molecule has 18 heavy (non-hydrogen) atoms. The van der Waals surface area contributed by atoms with Crippen LogP contribution in [-0.4, -0.2) is 8.42 Å². The maximum atomic E-state index is 12.7. The van der Waals surface area contributed by atoms with Crippen LogP contribution in [0.1, 0.15) is 0 Å². The first-order chi connectivity index (χ1) is 8.49. The van der Waals surface area contributed by atoms with Gasteiger partial charge in [0.25, 0.3) is 0 Å². The first-order valence-corrected chi connectivity index (χ1v) is 7.14. The highest BCUT2D eigenvalue weighted by Gasteiger charge is 2.19. The average molecular weight is 331 g/mol. The summed E-state index contributed by atoms with van der Waals surface area (Å²) < 4.78 is 41.9. The van der Waals surface area contributed by atoms with Crippen molar-refractivity contribution in [3.05, 3.63) is 58.8 Å². The van der Waals surface area contributed by atoms with E-state index in [9.17, 15) is 12.8 Å². The predicted molar refractivity (Wildman–Crippen MR) is 68.4 cm³/mol. The molecule has 0 atom stereocenters. The summed E-state index contributed by atoms with van der Waals surface area (Å²) in [6, 6.07) is 11.1. The van der Waals surface area contributed by atoms with E-state index in [0.717, 1.165) is 12.1 Å². The number of rotatable bonds is 3. The Hall–Kier alpha value is -1.40. The van der Waals surface area contributed by atoms with Gasteiger partial charge in [-0.2, -0.15) is 8.42 Å². The highest BCUT2D eigenvalue weighted by molar-refractivity contribution is 9.10. The maximum absolute atomic E-state index is 12.7. The van der Waals surface area contributed by atoms with Crippen molar-refractivity contribution < 1.29 is 17.0 Å². The molecule has 0 amide bonds. The Morgan fingerprint density at radius 2 is 1.61 bits per heavy atom. The van der Waals surface area contributed by atoms with E-state index in [-0.39, 0.29) is 10.6 Å². The third-order valence-corrected chi connectivity index (χ3v) is 4.39.